The smallest absolute Gasteiger partial charge is 0.387 e. The third-order valence-corrected chi connectivity index (χ3v) is 2.07. The highest BCUT2D eigenvalue weighted by Crippen LogP contribution is 2.27. The van der Waals surface area contributed by atoms with Gasteiger partial charge < -0.3 is 9.72 Å². The van der Waals surface area contributed by atoms with E-state index in [1.807, 2.05) is 0 Å². The maximum Gasteiger partial charge on any atom is 0.387 e. The van der Waals surface area contributed by atoms with Crippen molar-refractivity contribution < 1.29 is 13.5 Å². The molecule has 0 atom stereocenters. The number of nitrogens with zero attached hydrogens (tertiary/aromatic N) is 1. The molecule has 4 nitrogen and oxygen atoms in total. The number of alkyl halides is 2. The maximum absolute atomic E-state index is 12.2. The monoisotopic (exact) mass is 238 g/mol. The van der Waals surface area contributed by atoms with Crippen molar-refractivity contribution in [1.82, 2.24) is 9.97 Å². The van der Waals surface area contributed by atoms with Gasteiger partial charge in [0.2, 0.25) is 0 Å². The average molecular weight is 238 g/mol. The molecule has 17 heavy (non-hydrogen) atoms. The molecular formula is C11H8F2N2O2. The lowest BCUT2D eigenvalue weighted by atomic mass is 10.1. The second-order valence-electron chi connectivity index (χ2n) is 3.14. The number of hydrogen-bond donors (Lipinski definition) is 1. The van der Waals surface area contributed by atoms with Gasteiger partial charge in [0.15, 0.2) is 0 Å². The second-order valence-corrected chi connectivity index (χ2v) is 3.14. The van der Waals surface area contributed by atoms with Gasteiger partial charge in [-0.3, -0.25) is 4.79 Å². The quantitative estimate of drug-likeness (QED) is 0.890. The van der Waals surface area contributed by atoms with Gasteiger partial charge in [0.1, 0.15) is 11.4 Å². The van der Waals surface area contributed by atoms with E-state index in [4.69, 9.17) is 0 Å². The summed E-state index contributed by atoms with van der Waals surface area (Å²) in [5.74, 6) is -0.0771. The van der Waals surface area contributed by atoms with Gasteiger partial charge in [-0.1, -0.05) is 12.1 Å². The lowest BCUT2D eigenvalue weighted by Gasteiger charge is -2.08. The topological polar surface area (TPSA) is 55.0 Å². The fourth-order valence-corrected chi connectivity index (χ4v) is 1.40. The van der Waals surface area contributed by atoms with E-state index in [9.17, 15) is 13.6 Å². The Morgan fingerprint density at radius 3 is 2.76 bits per heavy atom. The predicted molar refractivity (Wildman–Crippen MR) is 56.9 cm³/mol. The number of halogens is 2. The molecule has 0 amide bonds. The van der Waals surface area contributed by atoms with Crippen LogP contribution in [0.2, 0.25) is 0 Å². The van der Waals surface area contributed by atoms with E-state index in [0.717, 1.165) is 0 Å². The van der Waals surface area contributed by atoms with Crippen molar-refractivity contribution in [2.24, 2.45) is 0 Å². The number of para-hydroxylation sites is 1. The first-order chi connectivity index (χ1) is 8.18. The van der Waals surface area contributed by atoms with Gasteiger partial charge in [-0.15, -0.1) is 0 Å². The summed E-state index contributed by atoms with van der Waals surface area (Å²) in [4.78, 5) is 17.8. The molecule has 88 valence electrons. The molecule has 1 heterocycles. The lowest BCUT2D eigenvalue weighted by Crippen LogP contribution is -2.11. The molecule has 0 radical (unpaired) electrons. The van der Waals surface area contributed by atoms with E-state index in [2.05, 4.69) is 14.7 Å². The van der Waals surface area contributed by atoms with Crippen molar-refractivity contribution in [2.75, 3.05) is 0 Å². The van der Waals surface area contributed by atoms with Crippen LogP contribution in [0.25, 0.3) is 11.3 Å². The van der Waals surface area contributed by atoms with E-state index >= 15 is 0 Å². The highest BCUT2D eigenvalue weighted by atomic mass is 19.3. The molecule has 0 unspecified atom stereocenters. The van der Waals surface area contributed by atoms with E-state index in [-0.39, 0.29) is 17.0 Å². The van der Waals surface area contributed by atoms with Gasteiger partial charge in [0, 0.05) is 18.0 Å². The third kappa shape index (κ3) is 2.47. The number of hydrogen-bond acceptors (Lipinski definition) is 3. The van der Waals surface area contributed by atoms with Crippen molar-refractivity contribution in [1.29, 1.82) is 0 Å². The number of nitrogens with one attached hydrogen (secondary N) is 1. The van der Waals surface area contributed by atoms with Crippen LogP contribution in [-0.2, 0) is 0 Å². The Labute approximate surface area is 94.9 Å². The highest BCUT2D eigenvalue weighted by Gasteiger charge is 2.13. The second kappa shape index (κ2) is 4.73. The first-order valence-electron chi connectivity index (χ1n) is 4.76. The Kier molecular flexibility index (Phi) is 3.13. The third-order valence-electron chi connectivity index (χ3n) is 2.07. The number of H-pyrrole nitrogens is 1. The summed E-state index contributed by atoms with van der Waals surface area (Å²) < 4.78 is 28.7. The van der Waals surface area contributed by atoms with Gasteiger partial charge in [-0.2, -0.15) is 8.78 Å². The van der Waals surface area contributed by atoms with Gasteiger partial charge >= 0.3 is 6.61 Å². The Bertz CT molecular complexity index is 569. The Hall–Kier alpha value is -2.24. The predicted octanol–water partition coefficient (Wildman–Crippen LogP) is 2.04. The molecule has 2 rings (SSSR count). The van der Waals surface area contributed by atoms with Crippen LogP contribution in [0.1, 0.15) is 0 Å². The number of aromatic amines is 1. The van der Waals surface area contributed by atoms with Crippen LogP contribution in [0, 0.1) is 0 Å². The molecule has 1 aromatic heterocycles. The van der Waals surface area contributed by atoms with Crippen LogP contribution in [-0.4, -0.2) is 16.6 Å². The van der Waals surface area contributed by atoms with E-state index in [1.165, 1.54) is 24.5 Å². The van der Waals surface area contributed by atoms with E-state index < -0.39 is 12.2 Å². The van der Waals surface area contributed by atoms with Gasteiger partial charge in [0.25, 0.3) is 5.56 Å². The first kappa shape index (κ1) is 11.3. The van der Waals surface area contributed by atoms with Crippen molar-refractivity contribution in [3.05, 3.63) is 47.0 Å². The summed E-state index contributed by atoms with van der Waals surface area (Å²) >= 11 is 0. The van der Waals surface area contributed by atoms with Crippen molar-refractivity contribution in [3.63, 3.8) is 0 Å². The average Bonchev–Trinajstić information content (AvgIpc) is 2.30. The van der Waals surface area contributed by atoms with Crippen molar-refractivity contribution >= 4 is 0 Å². The molecule has 6 heteroatoms. The summed E-state index contributed by atoms with van der Waals surface area (Å²) in [5.41, 5.74) is -0.184. The summed E-state index contributed by atoms with van der Waals surface area (Å²) in [7, 11) is 0. The van der Waals surface area contributed by atoms with Crippen molar-refractivity contribution in [3.8, 4) is 17.0 Å². The zero-order valence-corrected chi connectivity index (χ0v) is 8.56. The fraction of sp³-hybridized carbons (Fsp3) is 0.0909. The minimum atomic E-state index is -2.95. The molecule has 1 aromatic carbocycles. The lowest BCUT2D eigenvalue weighted by molar-refractivity contribution is -0.0494. The molecule has 0 bridgehead atoms. The summed E-state index contributed by atoms with van der Waals surface area (Å²) in [6.45, 7) is -2.95. The van der Waals surface area contributed by atoms with Crippen LogP contribution in [0.3, 0.4) is 0 Å². The number of benzene rings is 1. The molecule has 0 aliphatic rings. The number of rotatable bonds is 3. The minimum Gasteiger partial charge on any atom is -0.434 e. The highest BCUT2D eigenvalue weighted by molar-refractivity contribution is 5.66. The maximum atomic E-state index is 12.2. The summed E-state index contributed by atoms with van der Waals surface area (Å²) in [6.07, 6.45) is 2.73. The molecule has 0 aliphatic heterocycles. The zero-order valence-electron chi connectivity index (χ0n) is 8.56. The fourth-order valence-electron chi connectivity index (χ4n) is 1.40. The zero-order chi connectivity index (χ0) is 12.3. The Balaban J connectivity index is 2.52. The van der Waals surface area contributed by atoms with Crippen LogP contribution in [0.5, 0.6) is 5.75 Å². The molecule has 0 fully saturated rings. The van der Waals surface area contributed by atoms with Gasteiger partial charge in [-0.25, -0.2) is 4.98 Å². The molecule has 0 saturated carbocycles. The largest absolute Gasteiger partial charge is 0.434 e. The number of aromatic nitrogens is 2. The molecule has 1 N–H and O–H groups in total. The molecular weight excluding hydrogens is 230 g/mol. The molecule has 0 aliphatic carbocycles. The Morgan fingerprint density at radius 1 is 1.29 bits per heavy atom. The van der Waals surface area contributed by atoms with Crippen molar-refractivity contribution in [2.45, 2.75) is 6.61 Å². The number of ether oxygens (including phenoxy) is 1. The first-order valence-corrected chi connectivity index (χ1v) is 4.76. The van der Waals surface area contributed by atoms with Crippen LogP contribution in [0.15, 0.2) is 41.5 Å². The van der Waals surface area contributed by atoms with E-state index in [0.29, 0.717) is 0 Å². The van der Waals surface area contributed by atoms with Gasteiger partial charge in [0.05, 0.1) is 0 Å². The van der Waals surface area contributed by atoms with Crippen LogP contribution in [0.4, 0.5) is 8.78 Å². The molecule has 0 saturated heterocycles. The standard InChI is InChI=1S/C11H8F2N2O2/c12-11(13)17-8-4-2-1-3-7(8)9-10(16)15-6-5-14-9/h1-6,11H,(H,15,16). The van der Waals surface area contributed by atoms with Gasteiger partial charge in [-0.05, 0) is 12.1 Å². The summed E-state index contributed by atoms with van der Waals surface area (Å²) in [6, 6.07) is 6.00. The van der Waals surface area contributed by atoms with E-state index in [1.54, 1.807) is 12.1 Å². The van der Waals surface area contributed by atoms with Crippen LogP contribution >= 0.6 is 0 Å². The SMILES string of the molecule is O=c1[nH]ccnc1-c1ccccc1OC(F)F. The minimum absolute atomic E-state index is 0.0451. The summed E-state index contributed by atoms with van der Waals surface area (Å²) in [5, 5.41) is 0. The Morgan fingerprint density at radius 2 is 2.06 bits per heavy atom. The molecule has 2 aromatic rings. The normalized spacial score (nSPS) is 10.5. The molecule has 0 spiro atoms. The van der Waals surface area contributed by atoms with Crippen LogP contribution < -0.4 is 10.3 Å².